The molecule has 0 heterocycles. The van der Waals surface area contributed by atoms with Gasteiger partial charge in [-0.1, -0.05) is 50.2 Å². The number of carbonyl (C=O) groups is 1. The Kier molecular flexibility index (Phi) is 3.66. The zero-order valence-electron chi connectivity index (χ0n) is 11.2. The molecule has 0 radical (unpaired) electrons. The number of hydrogen-bond donors (Lipinski definition) is 0. The molecule has 2 aromatic carbocycles. The van der Waals surface area contributed by atoms with Crippen LogP contribution in [-0.4, -0.2) is 17.9 Å². The van der Waals surface area contributed by atoms with Gasteiger partial charge in [0.25, 0.3) is 0 Å². The average molecular weight is 241 g/mol. The fraction of sp³-hybridized carbons (Fsp3) is 0.312. The summed E-state index contributed by atoms with van der Waals surface area (Å²) in [6.07, 6.45) is 0. The van der Waals surface area contributed by atoms with Crippen LogP contribution in [0, 0.1) is 5.92 Å². The third kappa shape index (κ3) is 2.70. The first-order valence-corrected chi connectivity index (χ1v) is 6.30. The van der Waals surface area contributed by atoms with Gasteiger partial charge in [0.05, 0.1) is 0 Å². The molecule has 0 saturated heterocycles. The molecule has 0 aliphatic heterocycles. The maximum atomic E-state index is 11.8. The lowest BCUT2D eigenvalue weighted by Crippen LogP contribution is -2.29. The smallest absolute Gasteiger partial charge is 0.225 e. The number of fused-ring (bicyclic) bond motifs is 1. The van der Waals surface area contributed by atoms with E-state index in [0.717, 1.165) is 0 Å². The molecule has 0 unspecified atom stereocenters. The number of nitrogens with zero attached hydrogens (tertiary/aromatic N) is 1. The van der Waals surface area contributed by atoms with Gasteiger partial charge in [-0.05, 0) is 22.4 Å². The second-order valence-corrected chi connectivity index (χ2v) is 5.03. The first kappa shape index (κ1) is 12.6. The van der Waals surface area contributed by atoms with Crippen molar-refractivity contribution in [2.45, 2.75) is 20.4 Å². The molecule has 0 N–H and O–H groups in total. The highest BCUT2D eigenvalue weighted by molar-refractivity contribution is 5.83. The third-order valence-corrected chi connectivity index (χ3v) is 3.10. The molecule has 0 fully saturated rings. The zero-order chi connectivity index (χ0) is 13.1. The van der Waals surface area contributed by atoms with Crippen LogP contribution in [0.5, 0.6) is 0 Å². The van der Waals surface area contributed by atoms with E-state index < -0.39 is 0 Å². The lowest BCUT2D eigenvalue weighted by molar-refractivity contribution is -0.133. The van der Waals surface area contributed by atoms with Gasteiger partial charge in [0.15, 0.2) is 0 Å². The average Bonchev–Trinajstić information content (AvgIpc) is 2.37. The highest BCUT2D eigenvalue weighted by Crippen LogP contribution is 2.17. The van der Waals surface area contributed by atoms with Crippen LogP contribution in [0.15, 0.2) is 42.5 Å². The fourth-order valence-corrected chi connectivity index (χ4v) is 2.13. The van der Waals surface area contributed by atoms with E-state index in [0.29, 0.717) is 6.54 Å². The summed E-state index contributed by atoms with van der Waals surface area (Å²) in [4.78, 5) is 13.6. The van der Waals surface area contributed by atoms with Gasteiger partial charge in [-0.3, -0.25) is 4.79 Å². The second-order valence-electron chi connectivity index (χ2n) is 5.03. The van der Waals surface area contributed by atoms with Crippen molar-refractivity contribution >= 4 is 16.7 Å². The van der Waals surface area contributed by atoms with E-state index >= 15 is 0 Å². The fourth-order valence-electron chi connectivity index (χ4n) is 2.13. The summed E-state index contributed by atoms with van der Waals surface area (Å²) in [5.74, 6) is 0.235. The second kappa shape index (κ2) is 5.21. The van der Waals surface area contributed by atoms with Crippen molar-refractivity contribution in [1.82, 2.24) is 4.90 Å². The molecule has 0 aliphatic carbocycles. The number of hydrogen-bond acceptors (Lipinski definition) is 1. The normalized spacial score (nSPS) is 10.9. The molecule has 2 aromatic rings. The molecule has 0 saturated carbocycles. The first-order valence-electron chi connectivity index (χ1n) is 6.30. The largest absolute Gasteiger partial charge is 0.341 e. The minimum atomic E-state index is 0.0513. The van der Waals surface area contributed by atoms with Gasteiger partial charge in [-0.15, -0.1) is 0 Å². The molecule has 0 spiro atoms. The molecule has 94 valence electrons. The molecular weight excluding hydrogens is 222 g/mol. The third-order valence-electron chi connectivity index (χ3n) is 3.10. The first-order chi connectivity index (χ1) is 8.58. The predicted octanol–water partition coefficient (Wildman–Crippen LogP) is 3.45. The van der Waals surface area contributed by atoms with E-state index in [9.17, 15) is 4.79 Å². The summed E-state index contributed by atoms with van der Waals surface area (Å²) >= 11 is 0. The number of benzene rings is 2. The van der Waals surface area contributed by atoms with E-state index in [-0.39, 0.29) is 11.8 Å². The SMILES string of the molecule is CC(C)C(=O)N(C)Cc1ccc2ccccc2c1. The van der Waals surface area contributed by atoms with E-state index in [1.165, 1.54) is 16.3 Å². The van der Waals surface area contributed by atoms with Crippen LogP contribution in [0.1, 0.15) is 19.4 Å². The summed E-state index contributed by atoms with van der Waals surface area (Å²) in [5.41, 5.74) is 1.17. The topological polar surface area (TPSA) is 20.3 Å². The van der Waals surface area contributed by atoms with Crippen molar-refractivity contribution in [2.24, 2.45) is 5.92 Å². The molecule has 0 atom stereocenters. The molecule has 2 heteroatoms. The molecule has 0 aliphatic rings. The van der Waals surface area contributed by atoms with Gasteiger partial charge in [0.2, 0.25) is 5.91 Å². The van der Waals surface area contributed by atoms with Crippen LogP contribution in [-0.2, 0) is 11.3 Å². The minimum Gasteiger partial charge on any atom is -0.341 e. The molecule has 2 nitrogen and oxygen atoms in total. The molecule has 0 bridgehead atoms. The summed E-state index contributed by atoms with van der Waals surface area (Å²) in [5, 5.41) is 2.46. The Morgan fingerprint density at radius 1 is 1.11 bits per heavy atom. The van der Waals surface area contributed by atoms with Crippen LogP contribution < -0.4 is 0 Å². The lowest BCUT2D eigenvalue weighted by atomic mass is 10.1. The van der Waals surface area contributed by atoms with E-state index in [1.54, 1.807) is 4.90 Å². The minimum absolute atomic E-state index is 0.0513. The van der Waals surface area contributed by atoms with Gasteiger partial charge in [0, 0.05) is 19.5 Å². The monoisotopic (exact) mass is 241 g/mol. The van der Waals surface area contributed by atoms with Crippen LogP contribution in [0.3, 0.4) is 0 Å². The Labute approximate surface area is 108 Å². The number of rotatable bonds is 3. The lowest BCUT2D eigenvalue weighted by Gasteiger charge is -2.19. The molecular formula is C16H19NO. The summed E-state index contributed by atoms with van der Waals surface area (Å²) in [7, 11) is 1.86. The highest BCUT2D eigenvalue weighted by atomic mass is 16.2. The van der Waals surface area contributed by atoms with Crippen LogP contribution >= 0.6 is 0 Å². The van der Waals surface area contributed by atoms with Crippen LogP contribution in [0.2, 0.25) is 0 Å². The standard InChI is InChI=1S/C16H19NO/c1-12(2)16(18)17(3)11-13-8-9-14-6-4-5-7-15(14)10-13/h4-10,12H,11H2,1-3H3. The molecule has 2 rings (SSSR count). The van der Waals surface area contributed by atoms with E-state index in [4.69, 9.17) is 0 Å². The Bertz CT molecular complexity index is 560. The van der Waals surface area contributed by atoms with Gasteiger partial charge in [-0.25, -0.2) is 0 Å². The number of amides is 1. The Morgan fingerprint density at radius 2 is 1.78 bits per heavy atom. The van der Waals surface area contributed by atoms with Crippen molar-refractivity contribution < 1.29 is 4.79 Å². The van der Waals surface area contributed by atoms with Crippen LogP contribution in [0.4, 0.5) is 0 Å². The van der Waals surface area contributed by atoms with Crippen molar-refractivity contribution in [3.8, 4) is 0 Å². The summed E-state index contributed by atoms with van der Waals surface area (Å²) < 4.78 is 0. The molecule has 18 heavy (non-hydrogen) atoms. The van der Waals surface area contributed by atoms with E-state index in [1.807, 2.05) is 33.0 Å². The maximum Gasteiger partial charge on any atom is 0.225 e. The Hall–Kier alpha value is -1.83. The predicted molar refractivity (Wildman–Crippen MR) is 75.3 cm³/mol. The summed E-state index contributed by atoms with van der Waals surface area (Å²) in [6.45, 7) is 4.53. The van der Waals surface area contributed by atoms with E-state index in [2.05, 4.69) is 30.3 Å². The van der Waals surface area contributed by atoms with Gasteiger partial charge < -0.3 is 4.90 Å². The van der Waals surface area contributed by atoms with Gasteiger partial charge in [-0.2, -0.15) is 0 Å². The van der Waals surface area contributed by atoms with Crippen molar-refractivity contribution in [2.75, 3.05) is 7.05 Å². The zero-order valence-corrected chi connectivity index (χ0v) is 11.2. The highest BCUT2D eigenvalue weighted by Gasteiger charge is 2.12. The van der Waals surface area contributed by atoms with Crippen molar-refractivity contribution in [3.05, 3.63) is 48.0 Å². The van der Waals surface area contributed by atoms with Crippen molar-refractivity contribution in [1.29, 1.82) is 0 Å². The summed E-state index contributed by atoms with van der Waals surface area (Å²) in [6, 6.07) is 14.6. The molecule has 1 amide bonds. The van der Waals surface area contributed by atoms with Crippen molar-refractivity contribution in [3.63, 3.8) is 0 Å². The molecule has 0 aromatic heterocycles. The Morgan fingerprint density at radius 3 is 2.44 bits per heavy atom. The maximum absolute atomic E-state index is 11.8. The van der Waals surface area contributed by atoms with Gasteiger partial charge in [0.1, 0.15) is 0 Å². The van der Waals surface area contributed by atoms with Crippen LogP contribution in [0.25, 0.3) is 10.8 Å². The number of carbonyl (C=O) groups excluding carboxylic acids is 1. The van der Waals surface area contributed by atoms with Gasteiger partial charge >= 0.3 is 0 Å². The Balaban J connectivity index is 2.19. The quantitative estimate of drug-likeness (QED) is 0.806.